The van der Waals surface area contributed by atoms with E-state index in [1.807, 2.05) is 19.2 Å². The number of H-pyrrole nitrogens is 1. The van der Waals surface area contributed by atoms with Crippen molar-refractivity contribution in [2.24, 2.45) is 7.05 Å². The summed E-state index contributed by atoms with van der Waals surface area (Å²) < 4.78 is 2.07. The molecule has 0 bridgehead atoms. The fourth-order valence-corrected chi connectivity index (χ4v) is 2.64. The topological polar surface area (TPSA) is 46.5 Å². The molecule has 0 aliphatic heterocycles. The van der Waals surface area contributed by atoms with Gasteiger partial charge in [-0.25, -0.2) is 4.98 Å². The van der Waals surface area contributed by atoms with Gasteiger partial charge in [0.2, 0.25) is 0 Å². The van der Waals surface area contributed by atoms with Crippen molar-refractivity contribution >= 4 is 11.2 Å². The normalized spacial score (nSPS) is 11.1. The Morgan fingerprint density at radius 2 is 1.71 bits per heavy atom. The molecule has 4 heteroatoms. The average Bonchev–Trinajstić information content (AvgIpc) is 3.11. The number of hydrogen-bond donors (Lipinski definition) is 1. The van der Waals surface area contributed by atoms with E-state index in [1.165, 1.54) is 11.1 Å². The van der Waals surface area contributed by atoms with E-state index < -0.39 is 0 Å². The van der Waals surface area contributed by atoms with Crippen LogP contribution in [0, 0.1) is 0 Å². The minimum absolute atomic E-state index is 0.815. The molecule has 3 heterocycles. The molecule has 1 aromatic carbocycles. The van der Waals surface area contributed by atoms with Crippen molar-refractivity contribution in [2.45, 2.75) is 0 Å². The molecule has 1 N–H and O–H groups in total. The summed E-state index contributed by atoms with van der Waals surface area (Å²) in [5.74, 6) is 0. The summed E-state index contributed by atoms with van der Waals surface area (Å²) in [7, 11) is 2.04. The van der Waals surface area contributed by atoms with Crippen molar-refractivity contribution in [2.75, 3.05) is 0 Å². The van der Waals surface area contributed by atoms with E-state index >= 15 is 0 Å². The summed E-state index contributed by atoms with van der Waals surface area (Å²) in [4.78, 5) is 12.0. The minimum Gasteiger partial charge on any atom is -0.356 e. The number of aromatic nitrogens is 4. The van der Waals surface area contributed by atoms with Crippen LogP contribution >= 0.6 is 0 Å². The number of nitrogens with zero attached hydrogens (tertiary/aromatic N) is 3. The number of fused-ring (bicyclic) bond motifs is 1. The molecule has 3 aromatic heterocycles. The highest BCUT2D eigenvalue weighted by Gasteiger charge is 2.12. The van der Waals surface area contributed by atoms with E-state index in [0.717, 1.165) is 22.4 Å². The number of rotatable bonds is 2. The van der Waals surface area contributed by atoms with Crippen LogP contribution in [-0.4, -0.2) is 19.5 Å². The SMILES string of the molecule is Cn1cc(-c2ccccc2)c(-c2cc3nccnc3[nH]2)c1. The predicted molar refractivity (Wildman–Crippen MR) is 83.7 cm³/mol. The first-order chi connectivity index (χ1) is 10.3. The maximum atomic E-state index is 4.34. The molecule has 0 radical (unpaired) electrons. The van der Waals surface area contributed by atoms with Gasteiger partial charge < -0.3 is 9.55 Å². The Morgan fingerprint density at radius 1 is 0.952 bits per heavy atom. The standard InChI is InChI=1S/C17H14N4/c1-21-10-13(12-5-3-2-4-6-12)14(11-21)15-9-16-17(20-15)19-8-7-18-16/h2-11H,1H3,(H,19,20). The Kier molecular flexibility index (Phi) is 2.60. The molecule has 0 atom stereocenters. The van der Waals surface area contributed by atoms with Crippen LogP contribution in [0.5, 0.6) is 0 Å². The molecule has 0 saturated carbocycles. The monoisotopic (exact) mass is 274 g/mol. The van der Waals surface area contributed by atoms with Gasteiger partial charge >= 0.3 is 0 Å². The molecule has 0 unspecified atom stereocenters. The van der Waals surface area contributed by atoms with Gasteiger partial charge in [0, 0.05) is 43.0 Å². The summed E-state index contributed by atoms with van der Waals surface area (Å²) in [6.45, 7) is 0. The van der Waals surface area contributed by atoms with Gasteiger partial charge in [0.1, 0.15) is 5.52 Å². The smallest absolute Gasteiger partial charge is 0.156 e. The third-order valence-electron chi connectivity index (χ3n) is 3.59. The summed E-state index contributed by atoms with van der Waals surface area (Å²) in [5.41, 5.74) is 6.29. The first kappa shape index (κ1) is 11.9. The lowest BCUT2D eigenvalue weighted by Gasteiger charge is -2.01. The number of aryl methyl sites for hydroxylation is 1. The van der Waals surface area contributed by atoms with Gasteiger partial charge in [-0.1, -0.05) is 30.3 Å². The van der Waals surface area contributed by atoms with Crippen molar-refractivity contribution < 1.29 is 0 Å². The number of hydrogen-bond acceptors (Lipinski definition) is 2. The van der Waals surface area contributed by atoms with E-state index in [0.29, 0.717) is 0 Å². The molecule has 0 fully saturated rings. The van der Waals surface area contributed by atoms with Gasteiger partial charge in [-0.15, -0.1) is 0 Å². The van der Waals surface area contributed by atoms with E-state index in [9.17, 15) is 0 Å². The average molecular weight is 274 g/mol. The molecule has 4 aromatic rings. The van der Waals surface area contributed by atoms with Gasteiger partial charge in [-0.3, -0.25) is 4.98 Å². The molecule has 0 spiro atoms. The lowest BCUT2D eigenvalue weighted by Crippen LogP contribution is -1.80. The Labute approximate surface area is 122 Å². The molecule has 102 valence electrons. The van der Waals surface area contributed by atoms with Gasteiger partial charge in [-0.05, 0) is 11.6 Å². The fourth-order valence-electron chi connectivity index (χ4n) is 2.64. The Balaban J connectivity index is 1.92. The highest BCUT2D eigenvalue weighted by Crippen LogP contribution is 2.33. The molecule has 0 aliphatic carbocycles. The summed E-state index contributed by atoms with van der Waals surface area (Å²) in [5, 5.41) is 0. The van der Waals surface area contributed by atoms with Crippen LogP contribution in [-0.2, 0) is 7.05 Å². The maximum Gasteiger partial charge on any atom is 0.156 e. The van der Waals surface area contributed by atoms with Crippen molar-refractivity contribution in [3.63, 3.8) is 0 Å². The molecule has 21 heavy (non-hydrogen) atoms. The number of nitrogens with one attached hydrogen (secondary N) is 1. The zero-order chi connectivity index (χ0) is 14.2. The number of benzene rings is 1. The Hall–Kier alpha value is -2.88. The second-order valence-electron chi connectivity index (χ2n) is 5.09. The van der Waals surface area contributed by atoms with E-state index in [4.69, 9.17) is 0 Å². The summed E-state index contributed by atoms with van der Waals surface area (Å²) >= 11 is 0. The first-order valence-corrected chi connectivity index (χ1v) is 6.83. The Bertz CT molecular complexity index is 870. The van der Waals surface area contributed by atoms with Crippen LogP contribution < -0.4 is 0 Å². The maximum absolute atomic E-state index is 4.34. The van der Waals surface area contributed by atoms with E-state index in [1.54, 1.807) is 12.4 Å². The Morgan fingerprint density at radius 3 is 2.52 bits per heavy atom. The van der Waals surface area contributed by atoms with Crippen molar-refractivity contribution in [1.82, 2.24) is 19.5 Å². The molecule has 0 amide bonds. The molecule has 0 saturated heterocycles. The second-order valence-corrected chi connectivity index (χ2v) is 5.09. The van der Waals surface area contributed by atoms with Crippen LogP contribution in [0.15, 0.2) is 61.2 Å². The van der Waals surface area contributed by atoms with Crippen LogP contribution in [0.2, 0.25) is 0 Å². The van der Waals surface area contributed by atoms with Crippen LogP contribution in [0.3, 0.4) is 0 Å². The quantitative estimate of drug-likeness (QED) is 0.606. The lowest BCUT2D eigenvalue weighted by molar-refractivity contribution is 0.929. The predicted octanol–water partition coefficient (Wildman–Crippen LogP) is 3.63. The minimum atomic E-state index is 0.815. The second kappa shape index (κ2) is 4.59. The fraction of sp³-hybridized carbons (Fsp3) is 0.0588. The highest BCUT2D eigenvalue weighted by atomic mass is 14.9. The largest absolute Gasteiger partial charge is 0.356 e. The molecule has 4 nitrogen and oxygen atoms in total. The third kappa shape index (κ3) is 2.01. The van der Waals surface area contributed by atoms with Gasteiger partial charge in [-0.2, -0.15) is 0 Å². The number of aromatic amines is 1. The summed E-state index contributed by atoms with van der Waals surface area (Å²) in [6, 6.07) is 12.4. The first-order valence-electron chi connectivity index (χ1n) is 6.83. The molecular formula is C17H14N4. The molecular weight excluding hydrogens is 260 g/mol. The van der Waals surface area contributed by atoms with E-state index in [-0.39, 0.29) is 0 Å². The van der Waals surface area contributed by atoms with Crippen LogP contribution in [0.4, 0.5) is 0 Å². The zero-order valence-electron chi connectivity index (χ0n) is 11.6. The zero-order valence-corrected chi connectivity index (χ0v) is 11.6. The van der Waals surface area contributed by atoms with Gasteiger partial charge in [0.05, 0.1) is 5.69 Å². The third-order valence-corrected chi connectivity index (χ3v) is 3.59. The van der Waals surface area contributed by atoms with Crippen molar-refractivity contribution in [1.29, 1.82) is 0 Å². The summed E-state index contributed by atoms with van der Waals surface area (Å²) in [6.07, 6.45) is 7.67. The molecule has 4 rings (SSSR count). The van der Waals surface area contributed by atoms with Crippen molar-refractivity contribution in [3.8, 4) is 22.4 Å². The lowest BCUT2D eigenvalue weighted by atomic mass is 10.0. The van der Waals surface area contributed by atoms with Crippen molar-refractivity contribution in [3.05, 3.63) is 61.2 Å². The van der Waals surface area contributed by atoms with Gasteiger partial charge in [0.15, 0.2) is 5.65 Å². The van der Waals surface area contributed by atoms with Gasteiger partial charge in [0.25, 0.3) is 0 Å². The highest BCUT2D eigenvalue weighted by molar-refractivity contribution is 5.87. The van der Waals surface area contributed by atoms with E-state index in [2.05, 4.69) is 56.2 Å². The molecule has 0 aliphatic rings. The van der Waals surface area contributed by atoms with Crippen LogP contribution in [0.1, 0.15) is 0 Å². The van der Waals surface area contributed by atoms with Crippen LogP contribution in [0.25, 0.3) is 33.5 Å².